The molecule has 0 aromatic rings. The van der Waals surface area contributed by atoms with Gasteiger partial charge in [0, 0.05) is 5.41 Å². The average molecular weight is 661 g/mol. The number of hydrogen-bond donors (Lipinski definition) is 1. The summed E-state index contributed by atoms with van der Waals surface area (Å²) in [6.07, 6.45) is 24.0. The van der Waals surface area contributed by atoms with Crippen LogP contribution in [0.2, 0.25) is 0 Å². The van der Waals surface area contributed by atoms with Crippen LogP contribution in [0, 0.1) is 63.1 Å². The Bertz CT molecular complexity index is 1350. The SMILES string of the molecule is CC(COC(=O)C1(C)CCCC2(C)C3CCC(C(C)C)=CC3=CCC12)CC(OO)C1(C)CCCC2(C)C3CCC(C(C)C)=CC3=CCC12. The van der Waals surface area contributed by atoms with Gasteiger partial charge in [0.2, 0.25) is 0 Å². The molecule has 0 amide bonds. The highest BCUT2D eigenvalue weighted by atomic mass is 17.1. The van der Waals surface area contributed by atoms with Gasteiger partial charge in [0.15, 0.2) is 0 Å². The van der Waals surface area contributed by atoms with Crippen LogP contribution in [0.1, 0.15) is 146 Å². The second-order valence-electron chi connectivity index (χ2n) is 19.1. The fourth-order valence-corrected chi connectivity index (χ4v) is 12.6. The lowest BCUT2D eigenvalue weighted by atomic mass is 9.45. The highest BCUT2D eigenvalue weighted by Gasteiger charge is 2.59. The first-order valence-corrected chi connectivity index (χ1v) is 20.0. The normalized spacial score (nSPS) is 40.7. The lowest BCUT2D eigenvalue weighted by molar-refractivity contribution is -0.321. The molecule has 0 radical (unpaired) electrons. The maximum Gasteiger partial charge on any atom is 0.312 e. The van der Waals surface area contributed by atoms with Crippen LogP contribution in [0.4, 0.5) is 0 Å². The maximum absolute atomic E-state index is 14.1. The van der Waals surface area contributed by atoms with E-state index in [2.05, 4.69) is 86.6 Å². The molecular weight excluding hydrogens is 592 g/mol. The lowest BCUT2D eigenvalue weighted by Gasteiger charge is -2.60. The molecule has 6 aliphatic carbocycles. The molecule has 268 valence electrons. The minimum Gasteiger partial charge on any atom is -0.465 e. The van der Waals surface area contributed by atoms with Crippen molar-refractivity contribution in [2.24, 2.45) is 63.1 Å². The van der Waals surface area contributed by atoms with Crippen LogP contribution >= 0.6 is 0 Å². The second-order valence-corrected chi connectivity index (χ2v) is 19.1. The van der Waals surface area contributed by atoms with E-state index in [-0.39, 0.29) is 34.2 Å². The standard InChI is InChI=1S/C44H68O4/c1-28(2)31-12-16-35-33(25-31)14-18-37-41(35,6)20-10-22-43(37,8)39(48-46)24-30(5)27-47-40(45)44(9)23-11-21-42(7)36-17-13-32(29(3)4)26-34(36)15-19-38(42)44/h14-15,25-26,28-30,35-39,46H,10-13,16-24,27H2,1-9H3. The Morgan fingerprint density at radius 1 is 0.792 bits per heavy atom. The third kappa shape index (κ3) is 6.05. The van der Waals surface area contributed by atoms with Crippen LogP contribution in [0.3, 0.4) is 0 Å². The predicted octanol–water partition coefficient (Wildman–Crippen LogP) is 11.7. The molecule has 0 heterocycles. The average Bonchev–Trinajstić information content (AvgIpc) is 3.05. The molecule has 10 unspecified atom stereocenters. The van der Waals surface area contributed by atoms with Gasteiger partial charge < -0.3 is 4.74 Å². The molecule has 10 atom stereocenters. The highest BCUT2D eigenvalue weighted by molar-refractivity contribution is 5.77. The van der Waals surface area contributed by atoms with Gasteiger partial charge in [0.1, 0.15) is 0 Å². The smallest absolute Gasteiger partial charge is 0.312 e. The van der Waals surface area contributed by atoms with Crippen molar-refractivity contribution in [2.45, 2.75) is 152 Å². The van der Waals surface area contributed by atoms with Crippen molar-refractivity contribution in [1.29, 1.82) is 0 Å². The molecule has 0 aliphatic heterocycles. The molecule has 2 fully saturated rings. The van der Waals surface area contributed by atoms with Gasteiger partial charge in [0.25, 0.3) is 0 Å². The van der Waals surface area contributed by atoms with Crippen molar-refractivity contribution in [3.8, 4) is 0 Å². The van der Waals surface area contributed by atoms with Crippen molar-refractivity contribution >= 4 is 5.97 Å². The molecule has 2 saturated carbocycles. The summed E-state index contributed by atoms with van der Waals surface area (Å²) in [5, 5.41) is 10.5. The Morgan fingerprint density at radius 3 is 1.85 bits per heavy atom. The highest BCUT2D eigenvalue weighted by Crippen LogP contribution is 2.64. The summed E-state index contributed by atoms with van der Waals surface area (Å²) in [4.78, 5) is 19.6. The van der Waals surface area contributed by atoms with E-state index in [0.717, 1.165) is 32.1 Å². The maximum atomic E-state index is 14.1. The zero-order chi connectivity index (χ0) is 34.6. The minimum absolute atomic E-state index is 0.00895. The molecule has 0 spiro atoms. The summed E-state index contributed by atoms with van der Waals surface area (Å²) < 4.78 is 6.29. The monoisotopic (exact) mass is 661 g/mol. The number of hydrogen-bond acceptors (Lipinski definition) is 4. The summed E-state index contributed by atoms with van der Waals surface area (Å²) in [6.45, 7) is 21.4. The lowest BCUT2D eigenvalue weighted by Crippen LogP contribution is -2.55. The number of allylic oxidation sites excluding steroid dienone is 8. The molecule has 6 rings (SSSR count). The summed E-state index contributed by atoms with van der Waals surface area (Å²) in [6, 6.07) is 0. The molecule has 0 bridgehead atoms. The molecule has 48 heavy (non-hydrogen) atoms. The number of carbonyl (C=O) groups excluding carboxylic acids is 1. The van der Waals surface area contributed by atoms with Crippen molar-refractivity contribution in [3.05, 3.63) is 46.6 Å². The Hall–Kier alpha value is -1.65. The summed E-state index contributed by atoms with van der Waals surface area (Å²) in [5.74, 6) is 3.22. The van der Waals surface area contributed by atoms with Crippen LogP contribution < -0.4 is 0 Å². The molecule has 0 saturated heterocycles. The fraction of sp³-hybridized carbons (Fsp3) is 0.795. The predicted molar refractivity (Wildman–Crippen MR) is 196 cm³/mol. The molecule has 1 N–H and O–H groups in total. The van der Waals surface area contributed by atoms with E-state index >= 15 is 0 Å². The van der Waals surface area contributed by atoms with Crippen molar-refractivity contribution in [3.63, 3.8) is 0 Å². The Balaban J connectivity index is 1.13. The fourth-order valence-electron chi connectivity index (χ4n) is 12.6. The van der Waals surface area contributed by atoms with Crippen LogP contribution in [0.25, 0.3) is 0 Å². The Labute approximate surface area is 293 Å². The van der Waals surface area contributed by atoms with Crippen molar-refractivity contribution in [1.82, 2.24) is 0 Å². The summed E-state index contributed by atoms with van der Waals surface area (Å²) in [5.41, 5.74) is 6.03. The van der Waals surface area contributed by atoms with Gasteiger partial charge in [-0.25, -0.2) is 4.89 Å². The first-order chi connectivity index (χ1) is 22.7. The number of ether oxygens (including phenoxy) is 1. The third-order valence-electron chi connectivity index (χ3n) is 15.7. The largest absolute Gasteiger partial charge is 0.465 e. The topological polar surface area (TPSA) is 55.8 Å². The van der Waals surface area contributed by atoms with Crippen LogP contribution in [0.5, 0.6) is 0 Å². The number of fused-ring (bicyclic) bond motifs is 6. The van der Waals surface area contributed by atoms with Crippen LogP contribution in [0.15, 0.2) is 46.6 Å². The zero-order valence-corrected chi connectivity index (χ0v) is 32.0. The number of esters is 1. The number of rotatable bonds is 9. The van der Waals surface area contributed by atoms with E-state index in [1.54, 1.807) is 16.7 Å². The molecule has 0 aromatic heterocycles. The zero-order valence-electron chi connectivity index (χ0n) is 32.0. The molecule has 6 aliphatic rings. The molecule has 4 nitrogen and oxygen atoms in total. The minimum atomic E-state index is -0.461. The van der Waals surface area contributed by atoms with Crippen molar-refractivity contribution in [2.75, 3.05) is 6.61 Å². The van der Waals surface area contributed by atoms with Gasteiger partial charge >= 0.3 is 5.97 Å². The van der Waals surface area contributed by atoms with E-state index in [0.29, 0.717) is 48.5 Å². The van der Waals surface area contributed by atoms with Gasteiger partial charge in [0.05, 0.1) is 18.1 Å². The van der Waals surface area contributed by atoms with Crippen LogP contribution in [-0.4, -0.2) is 23.9 Å². The van der Waals surface area contributed by atoms with E-state index in [1.165, 1.54) is 50.5 Å². The summed E-state index contributed by atoms with van der Waals surface area (Å²) in [7, 11) is 0. The van der Waals surface area contributed by atoms with Gasteiger partial charge in [-0.3, -0.25) is 10.1 Å². The van der Waals surface area contributed by atoms with Crippen molar-refractivity contribution < 1.29 is 19.7 Å². The van der Waals surface area contributed by atoms with Gasteiger partial charge in [-0.05, 0) is 141 Å². The Morgan fingerprint density at radius 2 is 1.31 bits per heavy atom. The molecule has 0 aromatic carbocycles. The first kappa shape index (κ1) is 36.2. The third-order valence-corrected chi connectivity index (χ3v) is 15.7. The van der Waals surface area contributed by atoms with Gasteiger partial charge in [-0.15, -0.1) is 0 Å². The number of carbonyl (C=O) groups is 1. The molecule has 4 heteroatoms. The van der Waals surface area contributed by atoms with Crippen LogP contribution in [-0.2, 0) is 14.4 Å². The summed E-state index contributed by atoms with van der Waals surface area (Å²) >= 11 is 0. The van der Waals surface area contributed by atoms with E-state index < -0.39 is 5.41 Å². The Kier molecular flexibility index (Phi) is 10.2. The second kappa shape index (κ2) is 13.5. The van der Waals surface area contributed by atoms with E-state index in [4.69, 9.17) is 9.62 Å². The van der Waals surface area contributed by atoms with E-state index in [1.807, 2.05) is 0 Å². The van der Waals surface area contributed by atoms with Gasteiger partial charge in [-0.1, -0.05) is 104 Å². The van der Waals surface area contributed by atoms with E-state index in [9.17, 15) is 10.1 Å². The molecular formula is C44H68O4. The quantitative estimate of drug-likeness (QED) is 0.152. The van der Waals surface area contributed by atoms with Gasteiger partial charge in [-0.2, -0.15) is 0 Å². The first-order valence-electron chi connectivity index (χ1n) is 20.0.